The van der Waals surface area contributed by atoms with Crippen LogP contribution in [0.5, 0.6) is 11.5 Å². The predicted octanol–water partition coefficient (Wildman–Crippen LogP) is 3.00. The van der Waals surface area contributed by atoms with Gasteiger partial charge in [0.15, 0.2) is 5.82 Å². The number of aromatic nitrogens is 2. The summed E-state index contributed by atoms with van der Waals surface area (Å²) in [6.07, 6.45) is 1.69. The maximum absolute atomic E-state index is 5.82. The lowest BCUT2D eigenvalue weighted by Crippen LogP contribution is -2.19. The molecule has 112 valence electrons. The zero-order valence-electron chi connectivity index (χ0n) is 12.6. The minimum absolute atomic E-state index is 0.124. The maximum atomic E-state index is 5.82. The normalized spacial score (nSPS) is 17.4. The van der Waals surface area contributed by atoms with E-state index in [4.69, 9.17) is 14.0 Å². The van der Waals surface area contributed by atoms with Crippen molar-refractivity contribution in [3.8, 4) is 11.5 Å². The van der Waals surface area contributed by atoms with Gasteiger partial charge in [0.05, 0.1) is 13.0 Å². The van der Waals surface area contributed by atoms with Crippen LogP contribution in [0.15, 0.2) is 22.7 Å². The Bertz CT molecular complexity index is 622. The zero-order valence-corrected chi connectivity index (χ0v) is 12.6. The Balaban J connectivity index is 1.75. The van der Waals surface area contributed by atoms with Gasteiger partial charge in [0, 0.05) is 12.5 Å². The summed E-state index contributed by atoms with van der Waals surface area (Å²) in [7, 11) is 1.65. The largest absolute Gasteiger partial charge is 0.497 e. The van der Waals surface area contributed by atoms with Crippen LogP contribution in [-0.4, -0.2) is 23.9 Å². The van der Waals surface area contributed by atoms with Gasteiger partial charge in [-0.3, -0.25) is 0 Å². The van der Waals surface area contributed by atoms with Gasteiger partial charge >= 0.3 is 0 Å². The molecule has 21 heavy (non-hydrogen) atoms. The van der Waals surface area contributed by atoms with Gasteiger partial charge in [-0.05, 0) is 24.0 Å². The Morgan fingerprint density at radius 2 is 2.24 bits per heavy atom. The Morgan fingerprint density at radius 1 is 1.38 bits per heavy atom. The second-order valence-electron chi connectivity index (χ2n) is 5.83. The molecule has 0 fully saturated rings. The van der Waals surface area contributed by atoms with Crippen molar-refractivity contribution >= 4 is 0 Å². The third kappa shape index (κ3) is 3.01. The van der Waals surface area contributed by atoms with Crippen LogP contribution in [0, 0.1) is 5.92 Å². The van der Waals surface area contributed by atoms with Crippen molar-refractivity contribution in [2.45, 2.75) is 32.6 Å². The average Bonchev–Trinajstić information content (AvgIpc) is 2.93. The molecule has 1 unspecified atom stereocenters. The molecule has 0 spiro atoms. The maximum Gasteiger partial charge on any atom is 0.233 e. The smallest absolute Gasteiger partial charge is 0.233 e. The minimum Gasteiger partial charge on any atom is -0.497 e. The Morgan fingerprint density at radius 3 is 3.00 bits per heavy atom. The lowest BCUT2D eigenvalue weighted by atomic mass is 9.96. The van der Waals surface area contributed by atoms with Crippen LogP contribution in [0.2, 0.25) is 0 Å². The summed E-state index contributed by atoms with van der Waals surface area (Å²) in [4.78, 5) is 4.50. The SMILES string of the molecule is COc1ccc2c(c1)OCC(c1nc(CC(C)C)no1)C2. The van der Waals surface area contributed by atoms with Crippen molar-refractivity contribution in [1.29, 1.82) is 0 Å². The molecule has 3 rings (SSSR count). The number of benzene rings is 1. The van der Waals surface area contributed by atoms with Gasteiger partial charge in [-0.2, -0.15) is 4.98 Å². The second kappa shape index (κ2) is 5.76. The van der Waals surface area contributed by atoms with Crippen molar-refractivity contribution in [2.24, 2.45) is 5.92 Å². The Hall–Kier alpha value is -2.04. The van der Waals surface area contributed by atoms with Crippen LogP contribution >= 0.6 is 0 Å². The molecule has 0 amide bonds. The van der Waals surface area contributed by atoms with E-state index < -0.39 is 0 Å². The molecule has 2 heterocycles. The van der Waals surface area contributed by atoms with Gasteiger partial charge in [-0.1, -0.05) is 25.1 Å². The van der Waals surface area contributed by atoms with E-state index in [1.54, 1.807) is 7.11 Å². The first kappa shape index (κ1) is 13.9. The molecular weight excluding hydrogens is 268 g/mol. The van der Waals surface area contributed by atoms with Crippen molar-refractivity contribution in [1.82, 2.24) is 10.1 Å². The van der Waals surface area contributed by atoms with Gasteiger partial charge in [0.2, 0.25) is 5.89 Å². The third-order valence-corrected chi connectivity index (χ3v) is 3.60. The molecule has 5 heteroatoms. The molecular formula is C16H20N2O3. The van der Waals surface area contributed by atoms with E-state index in [9.17, 15) is 0 Å². The number of rotatable bonds is 4. The van der Waals surface area contributed by atoms with E-state index >= 15 is 0 Å². The summed E-state index contributed by atoms with van der Waals surface area (Å²) in [5.41, 5.74) is 1.15. The summed E-state index contributed by atoms with van der Waals surface area (Å²) < 4.78 is 16.4. The van der Waals surface area contributed by atoms with Gasteiger partial charge in [-0.25, -0.2) is 0 Å². The molecule has 0 radical (unpaired) electrons. The topological polar surface area (TPSA) is 57.4 Å². The Labute approximate surface area is 124 Å². The number of nitrogens with zero attached hydrogens (tertiary/aromatic N) is 2. The summed E-state index contributed by atoms with van der Waals surface area (Å²) in [6.45, 7) is 4.84. The number of ether oxygens (including phenoxy) is 2. The molecule has 0 saturated heterocycles. The highest BCUT2D eigenvalue weighted by molar-refractivity contribution is 5.42. The van der Waals surface area contributed by atoms with Gasteiger partial charge in [-0.15, -0.1) is 0 Å². The molecule has 1 aliphatic rings. The van der Waals surface area contributed by atoms with Crippen LogP contribution in [0.1, 0.15) is 37.0 Å². The van der Waals surface area contributed by atoms with E-state index in [1.807, 2.05) is 18.2 Å². The first-order valence-corrected chi connectivity index (χ1v) is 7.28. The third-order valence-electron chi connectivity index (χ3n) is 3.60. The number of hydrogen-bond acceptors (Lipinski definition) is 5. The molecule has 0 bridgehead atoms. The monoisotopic (exact) mass is 288 g/mol. The van der Waals surface area contributed by atoms with Gasteiger partial charge < -0.3 is 14.0 Å². The molecule has 5 nitrogen and oxygen atoms in total. The molecule has 0 N–H and O–H groups in total. The highest BCUT2D eigenvalue weighted by Gasteiger charge is 2.26. The molecule has 0 aliphatic carbocycles. The van der Waals surface area contributed by atoms with Crippen molar-refractivity contribution in [3.63, 3.8) is 0 Å². The van der Waals surface area contributed by atoms with Crippen molar-refractivity contribution < 1.29 is 14.0 Å². The predicted molar refractivity (Wildman–Crippen MR) is 77.8 cm³/mol. The highest BCUT2D eigenvalue weighted by Crippen LogP contribution is 2.34. The van der Waals surface area contributed by atoms with Gasteiger partial charge in [0.1, 0.15) is 18.1 Å². The fourth-order valence-corrected chi connectivity index (χ4v) is 2.52. The summed E-state index contributed by atoms with van der Waals surface area (Å²) in [5, 5.41) is 4.05. The van der Waals surface area contributed by atoms with Crippen LogP contribution < -0.4 is 9.47 Å². The Kier molecular flexibility index (Phi) is 3.82. The first-order chi connectivity index (χ1) is 10.2. The summed E-state index contributed by atoms with van der Waals surface area (Å²) in [6, 6.07) is 5.90. The molecule has 1 atom stereocenters. The molecule has 1 aliphatic heterocycles. The van der Waals surface area contributed by atoms with E-state index in [0.717, 1.165) is 35.7 Å². The fraction of sp³-hybridized carbons (Fsp3) is 0.500. The number of methoxy groups -OCH3 is 1. The average molecular weight is 288 g/mol. The van der Waals surface area contributed by atoms with E-state index in [0.29, 0.717) is 18.4 Å². The van der Waals surface area contributed by atoms with Crippen LogP contribution in [-0.2, 0) is 12.8 Å². The molecule has 1 aromatic carbocycles. The quantitative estimate of drug-likeness (QED) is 0.865. The van der Waals surface area contributed by atoms with Gasteiger partial charge in [0.25, 0.3) is 0 Å². The fourth-order valence-electron chi connectivity index (χ4n) is 2.52. The van der Waals surface area contributed by atoms with Crippen LogP contribution in [0.25, 0.3) is 0 Å². The van der Waals surface area contributed by atoms with Crippen LogP contribution in [0.3, 0.4) is 0 Å². The first-order valence-electron chi connectivity index (χ1n) is 7.28. The molecule has 1 aromatic heterocycles. The van der Waals surface area contributed by atoms with E-state index in [-0.39, 0.29) is 5.92 Å². The molecule has 0 saturated carbocycles. The lowest BCUT2D eigenvalue weighted by molar-refractivity contribution is 0.229. The molecule has 2 aromatic rings. The summed E-state index contributed by atoms with van der Waals surface area (Å²) >= 11 is 0. The minimum atomic E-state index is 0.124. The highest BCUT2D eigenvalue weighted by atomic mass is 16.5. The zero-order chi connectivity index (χ0) is 14.8. The van der Waals surface area contributed by atoms with E-state index in [1.165, 1.54) is 0 Å². The number of hydrogen-bond donors (Lipinski definition) is 0. The number of fused-ring (bicyclic) bond motifs is 1. The van der Waals surface area contributed by atoms with Crippen LogP contribution in [0.4, 0.5) is 0 Å². The van der Waals surface area contributed by atoms with Crippen molar-refractivity contribution in [2.75, 3.05) is 13.7 Å². The summed E-state index contributed by atoms with van der Waals surface area (Å²) in [5.74, 6) is 3.79. The standard InChI is InChI=1S/C16H20N2O3/c1-10(2)6-15-17-16(21-18-15)12-7-11-4-5-13(19-3)8-14(11)20-9-12/h4-5,8,10,12H,6-7,9H2,1-3H3. The van der Waals surface area contributed by atoms with Crippen molar-refractivity contribution in [3.05, 3.63) is 35.5 Å². The second-order valence-corrected chi connectivity index (χ2v) is 5.83. The van der Waals surface area contributed by atoms with E-state index in [2.05, 4.69) is 24.0 Å². The lowest BCUT2D eigenvalue weighted by Gasteiger charge is -2.23.